The van der Waals surface area contributed by atoms with Gasteiger partial charge in [-0.2, -0.15) is 0 Å². The number of aromatic nitrogens is 2. The highest BCUT2D eigenvalue weighted by molar-refractivity contribution is 6.16. The number of benzene rings is 1. The minimum atomic E-state index is 0.457. The maximum absolute atomic E-state index is 5.79. The fourth-order valence-corrected chi connectivity index (χ4v) is 1.84. The molecular weight excluding hydrogens is 208 g/mol. The monoisotopic (exact) mass is 220 g/mol. The second-order valence-electron chi connectivity index (χ2n) is 3.59. The van der Waals surface area contributed by atoms with Crippen LogP contribution in [0.15, 0.2) is 36.7 Å². The first kappa shape index (κ1) is 10.2. The molecule has 0 bridgehead atoms. The zero-order valence-corrected chi connectivity index (χ0v) is 9.41. The van der Waals surface area contributed by atoms with Gasteiger partial charge in [0, 0.05) is 18.9 Å². The standard InChI is InChI=1S/C12H13ClN2/c1-10-3-2-4-11(7-10)9-15-6-5-14-12(15)8-13/h2-7H,8-9H2,1H3. The van der Waals surface area contributed by atoms with Crippen molar-refractivity contribution < 1.29 is 0 Å². The van der Waals surface area contributed by atoms with Crippen LogP contribution in [0.4, 0.5) is 0 Å². The van der Waals surface area contributed by atoms with Crippen molar-refractivity contribution >= 4 is 11.6 Å². The predicted molar refractivity (Wildman–Crippen MR) is 62.1 cm³/mol. The van der Waals surface area contributed by atoms with Crippen LogP contribution in [0.5, 0.6) is 0 Å². The molecule has 0 atom stereocenters. The van der Waals surface area contributed by atoms with Crippen molar-refractivity contribution in [3.05, 3.63) is 53.6 Å². The molecule has 0 radical (unpaired) electrons. The number of halogens is 1. The highest BCUT2D eigenvalue weighted by Gasteiger charge is 2.01. The lowest BCUT2D eigenvalue weighted by atomic mass is 10.1. The zero-order valence-electron chi connectivity index (χ0n) is 8.65. The third-order valence-corrected chi connectivity index (χ3v) is 2.60. The Kier molecular flexibility index (Phi) is 3.07. The van der Waals surface area contributed by atoms with Crippen molar-refractivity contribution in [1.82, 2.24) is 9.55 Å². The van der Waals surface area contributed by atoms with Gasteiger partial charge in [-0.3, -0.25) is 0 Å². The second kappa shape index (κ2) is 4.49. The summed E-state index contributed by atoms with van der Waals surface area (Å²) in [5, 5.41) is 0. The topological polar surface area (TPSA) is 17.8 Å². The molecule has 0 saturated heterocycles. The van der Waals surface area contributed by atoms with E-state index in [1.54, 1.807) is 6.20 Å². The molecule has 3 heteroatoms. The molecule has 2 nitrogen and oxygen atoms in total. The molecule has 0 spiro atoms. The average molecular weight is 221 g/mol. The van der Waals surface area contributed by atoms with Crippen LogP contribution in [-0.4, -0.2) is 9.55 Å². The van der Waals surface area contributed by atoms with Crippen LogP contribution in [0.3, 0.4) is 0 Å². The Labute approximate surface area is 94.5 Å². The van der Waals surface area contributed by atoms with E-state index in [9.17, 15) is 0 Å². The summed E-state index contributed by atoms with van der Waals surface area (Å²) in [6.07, 6.45) is 3.74. The summed E-state index contributed by atoms with van der Waals surface area (Å²) in [5.41, 5.74) is 2.56. The van der Waals surface area contributed by atoms with E-state index in [4.69, 9.17) is 11.6 Å². The second-order valence-corrected chi connectivity index (χ2v) is 3.86. The van der Waals surface area contributed by atoms with Crippen molar-refractivity contribution in [2.24, 2.45) is 0 Å². The van der Waals surface area contributed by atoms with E-state index in [2.05, 4.69) is 40.7 Å². The lowest BCUT2D eigenvalue weighted by Crippen LogP contribution is -2.02. The van der Waals surface area contributed by atoms with Crippen molar-refractivity contribution in [2.45, 2.75) is 19.3 Å². The largest absolute Gasteiger partial charge is 0.330 e. The zero-order chi connectivity index (χ0) is 10.7. The lowest BCUT2D eigenvalue weighted by molar-refractivity contribution is 0.754. The van der Waals surface area contributed by atoms with E-state index in [1.807, 2.05) is 6.20 Å². The summed E-state index contributed by atoms with van der Waals surface area (Å²) in [6.45, 7) is 2.93. The fourth-order valence-electron chi connectivity index (χ4n) is 1.62. The Morgan fingerprint density at radius 1 is 1.40 bits per heavy atom. The minimum Gasteiger partial charge on any atom is -0.330 e. The minimum absolute atomic E-state index is 0.457. The van der Waals surface area contributed by atoms with Crippen molar-refractivity contribution in [3.63, 3.8) is 0 Å². The van der Waals surface area contributed by atoms with E-state index >= 15 is 0 Å². The Bertz CT molecular complexity index is 448. The van der Waals surface area contributed by atoms with Gasteiger partial charge >= 0.3 is 0 Å². The SMILES string of the molecule is Cc1cccc(Cn2ccnc2CCl)c1. The summed E-state index contributed by atoms with van der Waals surface area (Å²) >= 11 is 5.79. The normalized spacial score (nSPS) is 10.5. The van der Waals surface area contributed by atoms with Crippen LogP contribution in [-0.2, 0) is 12.4 Å². The highest BCUT2D eigenvalue weighted by atomic mass is 35.5. The van der Waals surface area contributed by atoms with E-state index < -0.39 is 0 Å². The van der Waals surface area contributed by atoms with E-state index in [-0.39, 0.29) is 0 Å². The smallest absolute Gasteiger partial charge is 0.123 e. The third kappa shape index (κ3) is 2.39. The maximum atomic E-state index is 5.79. The van der Waals surface area contributed by atoms with Crippen molar-refractivity contribution in [3.8, 4) is 0 Å². The lowest BCUT2D eigenvalue weighted by Gasteiger charge is -2.06. The molecule has 1 aromatic carbocycles. The van der Waals surface area contributed by atoms with Gasteiger partial charge in [-0.05, 0) is 12.5 Å². The van der Waals surface area contributed by atoms with E-state index in [0.717, 1.165) is 12.4 Å². The van der Waals surface area contributed by atoms with Gasteiger partial charge in [0.25, 0.3) is 0 Å². The van der Waals surface area contributed by atoms with Crippen molar-refractivity contribution in [1.29, 1.82) is 0 Å². The number of aryl methyl sites for hydroxylation is 1. The summed E-state index contributed by atoms with van der Waals surface area (Å²) in [6, 6.07) is 8.46. The Morgan fingerprint density at radius 2 is 2.27 bits per heavy atom. The van der Waals surface area contributed by atoms with Crippen LogP contribution >= 0.6 is 11.6 Å². The predicted octanol–water partition coefficient (Wildman–Crippen LogP) is 2.98. The molecule has 2 aromatic rings. The highest BCUT2D eigenvalue weighted by Crippen LogP contribution is 2.09. The molecule has 0 fully saturated rings. The van der Waals surface area contributed by atoms with E-state index in [1.165, 1.54) is 11.1 Å². The van der Waals surface area contributed by atoms with Crippen LogP contribution < -0.4 is 0 Å². The van der Waals surface area contributed by atoms with E-state index in [0.29, 0.717) is 5.88 Å². The van der Waals surface area contributed by atoms with Crippen LogP contribution in [0.1, 0.15) is 17.0 Å². The molecule has 0 amide bonds. The van der Waals surface area contributed by atoms with Gasteiger partial charge in [0.2, 0.25) is 0 Å². The van der Waals surface area contributed by atoms with Crippen molar-refractivity contribution in [2.75, 3.05) is 0 Å². The molecular formula is C12H13ClN2. The van der Waals surface area contributed by atoms with Crippen LogP contribution in [0.25, 0.3) is 0 Å². The quantitative estimate of drug-likeness (QED) is 0.728. The Morgan fingerprint density at radius 3 is 3.00 bits per heavy atom. The van der Waals surface area contributed by atoms with Gasteiger partial charge in [0.05, 0.1) is 5.88 Å². The number of nitrogens with zero attached hydrogens (tertiary/aromatic N) is 2. The molecule has 1 aromatic heterocycles. The number of hydrogen-bond acceptors (Lipinski definition) is 1. The van der Waals surface area contributed by atoms with Gasteiger partial charge in [0.15, 0.2) is 0 Å². The van der Waals surface area contributed by atoms with Gasteiger partial charge < -0.3 is 4.57 Å². The Hall–Kier alpha value is -1.28. The van der Waals surface area contributed by atoms with Gasteiger partial charge in [-0.1, -0.05) is 29.8 Å². The molecule has 0 saturated carbocycles. The molecule has 2 rings (SSSR count). The summed E-state index contributed by atoms with van der Waals surface area (Å²) in [4.78, 5) is 4.18. The molecule has 15 heavy (non-hydrogen) atoms. The van der Waals surface area contributed by atoms with Crippen LogP contribution in [0.2, 0.25) is 0 Å². The summed E-state index contributed by atoms with van der Waals surface area (Å²) in [7, 11) is 0. The van der Waals surface area contributed by atoms with Gasteiger partial charge in [-0.25, -0.2) is 4.98 Å². The average Bonchev–Trinajstić information content (AvgIpc) is 2.65. The first-order valence-electron chi connectivity index (χ1n) is 4.91. The first-order valence-corrected chi connectivity index (χ1v) is 5.44. The molecule has 0 N–H and O–H groups in total. The number of alkyl halides is 1. The molecule has 0 aliphatic carbocycles. The third-order valence-electron chi connectivity index (χ3n) is 2.36. The first-order chi connectivity index (χ1) is 7.29. The maximum Gasteiger partial charge on any atom is 0.123 e. The molecule has 0 unspecified atom stereocenters. The van der Waals surface area contributed by atoms with Gasteiger partial charge in [0.1, 0.15) is 5.82 Å². The van der Waals surface area contributed by atoms with Gasteiger partial charge in [-0.15, -0.1) is 11.6 Å². The summed E-state index contributed by atoms with van der Waals surface area (Å²) in [5.74, 6) is 1.37. The fraction of sp³-hybridized carbons (Fsp3) is 0.250. The Balaban J connectivity index is 2.22. The van der Waals surface area contributed by atoms with Crippen LogP contribution in [0, 0.1) is 6.92 Å². The molecule has 1 heterocycles. The number of hydrogen-bond donors (Lipinski definition) is 0. The number of imidazole rings is 1. The molecule has 0 aliphatic heterocycles. The molecule has 78 valence electrons. The summed E-state index contributed by atoms with van der Waals surface area (Å²) < 4.78 is 2.07. The number of rotatable bonds is 3. The molecule has 0 aliphatic rings.